The Bertz CT molecular complexity index is 695. The van der Waals surface area contributed by atoms with Gasteiger partial charge in [-0.15, -0.1) is 0 Å². The predicted molar refractivity (Wildman–Crippen MR) is 80.6 cm³/mol. The first kappa shape index (κ1) is 13.4. The molecular weight excluding hydrogens is 263 g/mol. The molecule has 3 rings (SSSR count). The SMILES string of the molecule is Fc1cccc(C(Oc2[c]cccc2)c2ccccc2)c1. The van der Waals surface area contributed by atoms with E-state index in [1.165, 1.54) is 12.1 Å². The van der Waals surface area contributed by atoms with Gasteiger partial charge in [0.15, 0.2) is 0 Å². The van der Waals surface area contributed by atoms with E-state index >= 15 is 0 Å². The van der Waals surface area contributed by atoms with E-state index in [0.29, 0.717) is 5.75 Å². The Balaban J connectivity index is 1.99. The standard InChI is InChI=1S/C19H14FO/c20-17-11-7-10-16(14-17)19(15-8-3-1-4-9-15)21-18-12-5-2-6-13-18/h1-12,14,19H. The molecule has 3 aromatic rings. The number of rotatable bonds is 4. The molecule has 0 N–H and O–H groups in total. The van der Waals surface area contributed by atoms with E-state index in [1.54, 1.807) is 12.1 Å². The van der Waals surface area contributed by atoms with E-state index < -0.39 is 0 Å². The maximum atomic E-state index is 13.5. The van der Waals surface area contributed by atoms with Crippen molar-refractivity contribution in [3.05, 3.63) is 102 Å². The molecule has 21 heavy (non-hydrogen) atoms. The lowest BCUT2D eigenvalue weighted by Crippen LogP contribution is -2.09. The summed E-state index contributed by atoms with van der Waals surface area (Å²) in [7, 11) is 0. The topological polar surface area (TPSA) is 9.23 Å². The quantitative estimate of drug-likeness (QED) is 0.666. The lowest BCUT2D eigenvalue weighted by Gasteiger charge is -2.20. The summed E-state index contributed by atoms with van der Waals surface area (Å²) in [5.41, 5.74) is 1.75. The van der Waals surface area contributed by atoms with Gasteiger partial charge in [0.1, 0.15) is 17.7 Å². The number of halogens is 1. The van der Waals surface area contributed by atoms with Crippen LogP contribution in [0.4, 0.5) is 4.39 Å². The predicted octanol–water partition coefficient (Wildman–Crippen LogP) is 4.79. The summed E-state index contributed by atoms with van der Waals surface area (Å²) in [6, 6.07) is 26.7. The minimum absolute atomic E-state index is 0.269. The second kappa shape index (κ2) is 6.23. The van der Waals surface area contributed by atoms with Crippen LogP contribution in [-0.2, 0) is 0 Å². The van der Waals surface area contributed by atoms with Gasteiger partial charge in [-0.3, -0.25) is 0 Å². The van der Waals surface area contributed by atoms with Gasteiger partial charge in [-0.1, -0.05) is 60.7 Å². The van der Waals surface area contributed by atoms with E-state index in [2.05, 4.69) is 6.07 Å². The fourth-order valence-electron chi connectivity index (χ4n) is 2.20. The molecule has 0 saturated heterocycles. The molecular formula is C19H14FO. The van der Waals surface area contributed by atoms with Crippen molar-refractivity contribution in [3.63, 3.8) is 0 Å². The Hall–Kier alpha value is -2.61. The van der Waals surface area contributed by atoms with Crippen LogP contribution >= 0.6 is 0 Å². The monoisotopic (exact) mass is 277 g/mol. The van der Waals surface area contributed by atoms with Gasteiger partial charge >= 0.3 is 0 Å². The summed E-state index contributed by atoms with van der Waals surface area (Å²) in [5, 5.41) is 0. The average Bonchev–Trinajstić information content (AvgIpc) is 2.54. The van der Waals surface area contributed by atoms with E-state index in [9.17, 15) is 4.39 Å². The van der Waals surface area contributed by atoms with Crippen LogP contribution in [0.3, 0.4) is 0 Å². The summed E-state index contributed by atoms with van der Waals surface area (Å²) in [6.07, 6.45) is -0.361. The number of benzene rings is 3. The van der Waals surface area contributed by atoms with Gasteiger partial charge in [0.05, 0.1) is 0 Å². The van der Waals surface area contributed by atoms with Gasteiger partial charge in [-0.05, 0) is 29.3 Å². The maximum Gasteiger partial charge on any atom is 0.149 e. The fraction of sp³-hybridized carbons (Fsp3) is 0.0526. The zero-order valence-corrected chi connectivity index (χ0v) is 11.4. The molecule has 0 heterocycles. The van der Waals surface area contributed by atoms with Crippen molar-refractivity contribution in [3.8, 4) is 5.75 Å². The molecule has 0 aliphatic rings. The molecule has 0 aromatic heterocycles. The summed E-state index contributed by atoms with van der Waals surface area (Å²) in [5.74, 6) is 0.365. The van der Waals surface area contributed by atoms with Crippen molar-refractivity contribution in [1.82, 2.24) is 0 Å². The highest BCUT2D eigenvalue weighted by Gasteiger charge is 2.16. The van der Waals surface area contributed by atoms with Crippen molar-refractivity contribution >= 4 is 0 Å². The third kappa shape index (κ3) is 3.29. The molecule has 0 amide bonds. The zero-order valence-electron chi connectivity index (χ0n) is 11.4. The number of ether oxygens (including phenoxy) is 1. The van der Waals surface area contributed by atoms with Crippen LogP contribution in [0.1, 0.15) is 17.2 Å². The van der Waals surface area contributed by atoms with Gasteiger partial charge in [0.25, 0.3) is 0 Å². The Morgan fingerprint density at radius 1 is 0.810 bits per heavy atom. The van der Waals surface area contributed by atoms with Crippen LogP contribution in [-0.4, -0.2) is 0 Å². The average molecular weight is 277 g/mol. The van der Waals surface area contributed by atoms with Crippen LogP contribution in [0.5, 0.6) is 5.75 Å². The highest BCUT2D eigenvalue weighted by Crippen LogP contribution is 2.28. The third-order valence-corrected chi connectivity index (χ3v) is 3.18. The Kier molecular flexibility index (Phi) is 3.97. The van der Waals surface area contributed by atoms with E-state index in [0.717, 1.165) is 11.1 Å². The molecule has 0 bridgehead atoms. The highest BCUT2D eigenvalue weighted by atomic mass is 19.1. The summed E-state index contributed by atoms with van der Waals surface area (Å²) in [6.45, 7) is 0. The van der Waals surface area contributed by atoms with Crippen LogP contribution in [0.2, 0.25) is 0 Å². The van der Waals surface area contributed by atoms with Gasteiger partial charge in [0.2, 0.25) is 0 Å². The number of hydrogen-bond acceptors (Lipinski definition) is 1. The molecule has 0 fully saturated rings. The Morgan fingerprint density at radius 3 is 2.29 bits per heavy atom. The molecule has 1 unspecified atom stereocenters. The van der Waals surface area contributed by atoms with Crippen molar-refractivity contribution in [2.75, 3.05) is 0 Å². The first-order valence-corrected chi connectivity index (χ1v) is 6.77. The van der Waals surface area contributed by atoms with E-state index in [1.807, 2.05) is 54.6 Å². The van der Waals surface area contributed by atoms with Crippen molar-refractivity contribution < 1.29 is 9.13 Å². The van der Waals surface area contributed by atoms with E-state index in [-0.39, 0.29) is 11.9 Å². The second-order valence-electron chi connectivity index (χ2n) is 4.69. The smallest absolute Gasteiger partial charge is 0.149 e. The number of hydrogen-bond donors (Lipinski definition) is 0. The third-order valence-electron chi connectivity index (χ3n) is 3.18. The summed E-state index contributed by atoms with van der Waals surface area (Å²) >= 11 is 0. The van der Waals surface area contributed by atoms with Crippen molar-refractivity contribution in [2.24, 2.45) is 0 Å². The van der Waals surface area contributed by atoms with Crippen molar-refractivity contribution in [2.45, 2.75) is 6.10 Å². The molecule has 3 aromatic carbocycles. The molecule has 103 valence electrons. The fourth-order valence-corrected chi connectivity index (χ4v) is 2.20. The second-order valence-corrected chi connectivity index (χ2v) is 4.69. The maximum absolute atomic E-state index is 13.5. The van der Waals surface area contributed by atoms with Gasteiger partial charge in [0, 0.05) is 6.07 Å². The van der Waals surface area contributed by atoms with Crippen LogP contribution < -0.4 is 4.74 Å². The molecule has 1 radical (unpaired) electrons. The highest BCUT2D eigenvalue weighted by molar-refractivity contribution is 5.33. The molecule has 0 spiro atoms. The molecule has 0 saturated carbocycles. The Morgan fingerprint density at radius 2 is 1.57 bits per heavy atom. The molecule has 1 atom stereocenters. The lowest BCUT2D eigenvalue weighted by atomic mass is 10.0. The summed E-state index contributed by atoms with van der Waals surface area (Å²) in [4.78, 5) is 0. The first-order chi connectivity index (χ1) is 10.3. The Labute approximate surface area is 123 Å². The molecule has 2 heteroatoms. The van der Waals surface area contributed by atoms with E-state index in [4.69, 9.17) is 4.74 Å². The van der Waals surface area contributed by atoms with Crippen LogP contribution in [0.15, 0.2) is 78.9 Å². The van der Waals surface area contributed by atoms with Crippen molar-refractivity contribution in [1.29, 1.82) is 0 Å². The lowest BCUT2D eigenvalue weighted by molar-refractivity contribution is 0.246. The summed E-state index contributed by atoms with van der Waals surface area (Å²) < 4.78 is 19.5. The van der Waals surface area contributed by atoms with Crippen LogP contribution in [0.25, 0.3) is 0 Å². The molecule has 1 nitrogen and oxygen atoms in total. The largest absolute Gasteiger partial charge is 0.480 e. The van der Waals surface area contributed by atoms with Crippen LogP contribution in [0, 0.1) is 11.9 Å². The minimum atomic E-state index is -0.361. The normalized spacial score (nSPS) is 11.9. The minimum Gasteiger partial charge on any atom is -0.480 e. The van der Waals surface area contributed by atoms with Gasteiger partial charge in [-0.2, -0.15) is 0 Å². The van der Waals surface area contributed by atoms with Gasteiger partial charge in [-0.25, -0.2) is 4.39 Å². The number of para-hydroxylation sites is 1. The molecule has 0 aliphatic carbocycles. The zero-order chi connectivity index (χ0) is 14.5. The first-order valence-electron chi connectivity index (χ1n) is 6.77. The molecule has 0 aliphatic heterocycles. The van der Waals surface area contributed by atoms with Gasteiger partial charge < -0.3 is 4.74 Å².